The van der Waals surface area contributed by atoms with Crippen molar-refractivity contribution in [2.24, 2.45) is 5.92 Å². The van der Waals surface area contributed by atoms with Gasteiger partial charge in [-0.15, -0.1) is 0 Å². The molecule has 1 aliphatic rings. The zero-order valence-electron chi connectivity index (χ0n) is 5.85. The van der Waals surface area contributed by atoms with Gasteiger partial charge in [0.1, 0.15) is 6.61 Å². The quantitative estimate of drug-likeness (QED) is 0.316. The van der Waals surface area contributed by atoms with Gasteiger partial charge < -0.3 is 9.47 Å². The molecule has 0 aliphatic carbocycles. The lowest BCUT2D eigenvalue weighted by Crippen LogP contribution is -2.40. The lowest BCUT2D eigenvalue weighted by molar-refractivity contribution is -0.582. The molecule has 0 aromatic heterocycles. The topological polar surface area (TPSA) is 78.7 Å². The van der Waals surface area contributed by atoms with Crippen LogP contribution in [0.1, 0.15) is 6.92 Å². The van der Waals surface area contributed by atoms with Crippen LogP contribution in [0.15, 0.2) is 0 Å². The Hall–Kier alpha value is -1.33. The number of nitrogens with zero attached hydrogens (tertiary/aromatic N) is 1. The monoisotopic (exact) mass is 161 g/mol. The van der Waals surface area contributed by atoms with Gasteiger partial charge in [0.25, 0.3) is 0 Å². The molecule has 0 spiro atoms. The molecule has 11 heavy (non-hydrogen) atoms. The van der Waals surface area contributed by atoms with E-state index in [2.05, 4.69) is 9.47 Å². The van der Waals surface area contributed by atoms with Gasteiger partial charge in [-0.25, -0.2) is 4.79 Å². The minimum absolute atomic E-state index is 0.0461. The number of hydrogen-bond acceptors (Lipinski definition) is 5. The molecule has 1 saturated heterocycles. The van der Waals surface area contributed by atoms with Gasteiger partial charge in [0.2, 0.25) is 0 Å². The number of ether oxygens (including phenoxy) is 2. The highest BCUT2D eigenvalue weighted by Gasteiger charge is 2.37. The summed E-state index contributed by atoms with van der Waals surface area (Å²) in [5.41, 5.74) is 0. The molecule has 0 aromatic carbocycles. The highest BCUT2D eigenvalue weighted by Crippen LogP contribution is 2.15. The first-order valence-electron chi connectivity index (χ1n) is 3.08. The lowest BCUT2D eigenvalue weighted by Gasteiger charge is -2.21. The van der Waals surface area contributed by atoms with Gasteiger partial charge >= 0.3 is 12.4 Å². The van der Waals surface area contributed by atoms with Gasteiger partial charge in [0.05, 0.1) is 10.8 Å². The van der Waals surface area contributed by atoms with E-state index < -0.39 is 17.3 Å². The van der Waals surface area contributed by atoms with Gasteiger partial charge in [0.15, 0.2) is 0 Å². The molecule has 2 unspecified atom stereocenters. The summed E-state index contributed by atoms with van der Waals surface area (Å²) in [4.78, 5) is 19.9. The summed E-state index contributed by atoms with van der Waals surface area (Å²) in [6, 6.07) is 0. The Kier molecular flexibility index (Phi) is 1.93. The van der Waals surface area contributed by atoms with E-state index in [0.717, 1.165) is 0 Å². The van der Waals surface area contributed by atoms with Crippen molar-refractivity contribution in [3.63, 3.8) is 0 Å². The predicted molar refractivity (Wildman–Crippen MR) is 32.4 cm³/mol. The van der Waals surface area contributed by atoms with Crippen LogP contribution in [0.5, 0.6) is 0 Å². The molecule has 0 saturated carbocycles. The second-order valence-electron chi connectivity index (χ2n) is 2.33. The maximum Gasteiger partial charge on any atom is 0.513 e. The number of carbonyl (C=O) groups is 1. The Labute approximate surface area is 62.2 Å². The van der Waals surface area contributed by atoms with E-state index in [1.165, 1.54) is 0 Å². The van der Waals surface area contributed by atoms with Gasteiger partial charge in [-0.1, -0.05) is 0 Å². The second kappa shape index (κ2) is 2.73. The Morgan fingerprint density at radius 2 is 2.36 bits per heavy atom. The molecule has 6 nitrogen and oxygen atoms in total. The minimum Gasteiger partial charge on any atom is -0.433 e. The third-order valence-corrected chi connectivity index (χ3v) is 1.38. The van der Waals surface area contributed by atoms with E-state index in [-0.39, 0.29) is 12.5 Å². The van der Waals surface area contributed by atoms with Crippen LogP contribution < -0.4 is 0 Å². The summed E-state index contributed by atoms with van der Waals surface area (Å²) in [5, 5.41) is 10.2. The van der Waals surface area contributed by atoms with E-state index >= 15 is 0 Å². The van der Waals surface area contributed by atoms with Crippen molar-refractivity contribution in [3.05, 3.63) is 10.1 Å². The molecule has 1 fully saturated rings. The Morgan fingerprint density at radius 3 is 2.82 bits per heavy atom. The first-order valence-corrected chi connectivity index (χ1v) is 3.08. The standard InChI is InChI=1S/C5H7NO5/c1-3-2-10-5(7)11-4(3)6(8)9/h3-4H,2H2,1H3. The molecule has 2 atom stereocenters. The van der Waals surface area contributed by atoms with Crippen LogP contribution in [-0.2, 0) is 9.47 Å². The van der Waals surface area contributed by atoms with Crippen molar-refractivity contribution in [3.8, 4) is 0 Å². The van der Waals surface area contributed by atoms with Crippen LogP contribution in [-0.4, -0.2) is 23.9 Å². The third-order valence-electron chi connectivity index (χ3n) is 1.38. The summed E-state index contributed by atoms with van der Waals surface area (Å²) in [6.07, 6.45) is -2.22. The van der Waals surface area contributed by atoms with Crippen LogP contribution in [0, 0.1) is 16.0 Å². The van der Waals surface area contributed by atoms with E-state index in [1.807, 2.05) is 0 Å². The first kappa shape index (κ1) is 7.77. The lowest BCUT2D eigenvalue weighted by atomic mass is 10.1. The van der Waals surface area contributed by atoms with Crippen LogP contribution >= 0.6 is 0 Å². The fraction of sp³-hybridized carbons (Fsp3) is 0.800. The molecule has 1 aliphatic heterocycles. The maximum atomic E-state index is 10.4. The normalized spacial score (nSPS) is 30.5. The van der Waals surface area contributed by atoms with Crippen LogP contribution in [0.3, 0.4) is 0 Å². The molecular weight excluding hydrogens is 154 g/mol. The maximum absolute atomic E-state index is 10.4. The predicted octanol–water partition coefficient (Wildman–Crippen LogP) is 0.392. The Balaban J connectivity index is 2.61. The number of rotatable bonds is 1. The molecule has 0 aromatic rings. The highest BCUT2D eigenvalue weighted by atomic mass is 16.8. The number of nitro groups is 1. The third kappa shape index (κ3) is 1.57. The average Bonchev–Trinajstić information content (AvgIpc) is 1.94. The smallest absolute Gasteiger partial charge is 0.433 e. The molecule has 1 rings (SSSR count). The number of cyclic esters (lactones) is 2. The van der Waals surface area contributed by atoms with Gasteiger partial charge in [-0.05, 0) is 6.92 Å². The fourth-order valence-electron chi connectivity index (χ4n) is 0.781. The summed E-state index contributed by atoms with van der Waals surface area (Å²) < 4.78 is 8.70. The van der Waals surface area contributed by atoms with Crippen LogP contribution in [0.4, 0.5) is 4.79 Å². The van der Waals surface area contributed by atoms with E-state index in [0.29, 0.717) is 0 Å². The zero-order valence-corrected chi connectivity index (χ0v) is 5.85. The van der Waals surface area contributed by atoms with Crippen LogP contribution in [0.2, 0.25) is 0 Å². The van der Waals surface area contributed by atoms with Crippen molar-refractivity contribution in [1.82, 2.24) is 0 Å². The SMILES string of the molecule is CC1COC(=O)OC1[N+](=O)[O-]. The van der Waals surface area contributed by atoms with Gasteiger partial charge in [-0.3, -0.25) is 10.1 Å². The zero-order chi connectivity index (χ0) is 8.43. The van der Waals surface area contributed by atoms with E-state index in [4.69, 9.17) is 0 Å². The Morgan fingerprint density at radius 1 is 1.73 bits per heavy atom. The second-order valence-corrected chi connectivity index (χ2v) is 2.33. The summed E-state index contributed by atoms with van der Waals surface area (Å²) >= 11 is 0. The highest BCUT2D eigenvalue weighted by molar-refractivity contribution is 5.60. The molecular formula is C5H7NO5. The summed E-state index contributed by atoms with van der Waals surface area (Å²) in [7, 11) is 0. The van der Waals surface area contributed by atoms with Crippen LogP contribution in [0.25, 0.3) is 0 Å². The van der Waals surface area contributed by atoms with Crippen molar-refractivity contribution in [2.45, 2.75) is 13.2 Å². The summed E-state index contributed by atoms with van der Waals surface area (Å²) in [6.45, 7) is 1.63. The first-order chi connectivity index (χ1) is 5.11. The number of hydrogen-bond donors (Lipinski definition) is 0. The minimum atomic E-state index is -1.25. The molecule has 0 amide bonds. The largest absolute Gasteiger partial charge is 0.513 e. The van der Waals surface area contributed by atoms with Gasteiger partial charge in [-0.2, -0.15) is 0 Å². The molecule has 62 valence electrons. The molecule has 0 radical (unpaired) electrons. The van der Waals surface area contributed by atoms with Crippen molar-refractivity contribution >= 4 is 6.16 Å². The summed E-state index contributed by atoms with van der Waals surface area (Å²) in [5.74, 6) is -0.386. The van der Waals surface area contributed by atoms with Crippen molar-refractivity contribution in [2.75, 3.05) is 6.61 Å². The van der Waals surface area contributed by atoms with E-state index in [9.17, 15) is 14.9 Å². The average molecular weight is 161 g/mol. The van der Waals surface area contributed by atoms with E-state index in [1.54, 1.807) is 6.92 Å². The van der Waals surface area contributed by atoms with Gasteiger partial charge in [0, 0.05) is 0 Å². The van der Waals surface area contributed by atoms with Crippen molar-refractivity contribution < 1.29 is 19.2 Å². The molecule has 1 heterocycles. The molecule has 0 bridgehead atoms. The molecule has 6 heteroatoms. The fourth-order valence-corrected chi connectivity index (χ4v) is 0.781. The number of carbonyl (C=O) groups excluding carboxylic acids is 1. The van der Waals surface area contributed by atoms with Crippen molar-refractivity contribution in [1.29, 1.82) is 0 Å². The Bertz CT molecular complexity index is 191. The molecule has 0 N–H and O–H groups in total.